The van der Waals surface area contributed by atoms with Crippen molar-refractivity contribution in [2.45, 2.75) is 13.3 Å². The first-order valence-corrected chi connectivity index (χ1v) is 3.62. The minimum atomic E-state index is 0.260. The molecule has 2 nitrogen and oxygen atoms in total. The molecule has 0 aliphatic heterocycles. The van der Waals surface area contributed by atoms with Gasteiger partial charge in [0.1, 0.15) is 5.69 Å². The Morgan fingerprint density at radius 1 is 1.58 bits per heavy atom. The van der Waals surface area contributed by atoms with Crippen molar-refractivity contribution in [2.75, 3.05) is 0 Å². The maximum Gasteiger partial charge on any atom is 0.116 e. The third-order valence-electron chi connectivity index (χ3n) is 1.38. The largest absolute Gasteiger partial charge is 0.248 e. The predicted molar refractivity (Wildman–Crippen MR) is 46.1 cm³/mol. The molecule has 0 radical (unpaired) electrons. The van der Waals surface area contributed by atoms with Crippen LogP contribution in [0.1, 0.15) is 17.7 Å². The van der Waals surface area contributed by atoms with Crippen molar-refractivity contribution in [2.24, 2.45) is 0 Å². The van der Waals surface area contributed by atoms with Crippen LogP contribution in [0.25, 0.3) is 0 Å². The van der Waals surface area contributed by atoms with Crippen LogP contribution in [0.2, 0.25) is 0 Å². The molecule has 0 atom stereocenters. The smallest absolute Gasteiger partial charge is 0.116 e. The SMILES string of the molecule is Cc1cccnc1C#CCC#N. The number of nitrogens with zero attached hydrogens (tertiary/aromatic N) is 2. The van der Waals surface area contributed by atoms with Crippen LogP contribution in [0.15, 0.2) is 18.3 Å². The van der Waals surface area contributed by atoms with E-state index in [-0.39, 0.29) is 6.42 Å². The molecule has 1 rings (SSSR count). The predicted octanol–water partition coefficient (Wildman–Crippen LogP) is 1.66. The van der Waals surface area contributed by atoms with E-state index in [4.69, 9.17) is 5.26 Å². The molecule has 0 unspecified atom stereocenters. The van der Waals surface area contributed by atoms with Crippen molar-refractivity contribution in [3.05, 3.63) is 29.6 Å². The second kappa shape index (κ2) is 4.16. The minimum absolute atomic E-state index is 0.260. The molecule has 1 heterocycles. The van der Waals surface area contributed by atoms with Crippen LogP contribution in [-0.2, 0) is 0 Å². The molecule has 0 spiro atoms. The molecule has 0 saturated heterocycles. The highest BCUT2D eigenvalue weighted by Gasteiger charge is 1.90. The van der Waals surface area contributed by atoms with Gasteiger partial charge in [0.25, 0.3) is 0 Å². The Morgan fingerprint density at radius 3 is 3.08 bits per heavy atom. The maximum atomic E-state index is 8.24. The van der Waals surface area contributed by atoms with Gasteiger partial charge in [-0.2, -0.15) is 5.26 Å². The van der Waals surface area contributed by atoms with E-state index in [0.29, 0.717) is 0 Å². The normalized spacial score (nSPS) is 8.00. The van der Waals surface area contributed by atoms with Crippen molar-refractivity contribution >= 4 is 0 Å². The molecule has 2 heteroatoms. The zero-order chi connectivity index (χ0) is 8.81. The van der Waals surface area contributed by atoms with Crippen molar-refractivity contribution in [1.82, 2.24) is 4.98 Å². The maximum absolute atomic E-state index is 8.24. The van der Waals surface area contributed by atoms with E-state index >= 15 is 0 Å². The number of aromatic nitrogens is 1. The van der Waals surface area contributed by atoms with Gasteiger partial charge in [0.2, 0.25) is 0 Å². The molecule has 0 aliphatic rings. The Balaban J connectivity index is 2.86. The molecule has 1 aromatic heterocycles. The van der Waals surface area contributed by atoms with Crippen molar-refractivity contribution < 1.29 is 0 Å². The van der Waals surface area contributed by atoms with Gasteiger partial charge < -0.3 is 0 Å². The fourth-order valence-corrected chi connectivity index (χ4v) is 0.784. The summed E-state index contributed by atoms with van der Waals surface area (Å²) in [6, 6.07) is 5.77. The van der Waals surface area contributed by atoms with E-state index in [1.165, 1.54) is 0 Å². The summed E-state index contributed by atoms with van der Waals surface area (Å²) < 4.78 is 0. The van der Waals surface area contributed by atoms with E-state index in [1.54, 1.807) is 6.20 Å². The average Bonchev–Trinajstić information content (AvgIpc) is 2.09. The molecule has 0 saturated carbocycles. The number of nitriles is 1. The first kappa shape index (κ1) is 8.30. The van der Waals surface area contributed by atoms with Gasteiger partial charge in [-0.15, -0.1) is 0 Å². The van der Waals surface area contributed by atoms with E-state index in [1.807, 2.05) is 25.1 Å². The third kappa shape index (κ3) is 2.11. The highest BCUT2D eigenvalue weighted by Crippen LogP contribution is 2.00. The minimum Gasteiger partial charge on any atom is -0.248 e. The summed E-state index contributed by atoms with van der Waals surface area (Å²) >= 11 is 0. The van der Waals surface area contributed by atoms with Crippen molar-refractivity contribution in [1.29, 1.82) is 5.26 Å². The van der Waals surface area contributed by atoms with Crippen LogP contribution in [0.4, 0.5) is 0 Å². The number of pyridine rings is 1. The Labute approximate surface area is 71.9 Å². The number of rotatable bonds is 0. The molecule has 1 aromatic rings. The second-order valence-corrected chi connectivity index (χ2v) is 2.31. The molecule has 0 bridgehead atoms. The fourth-order valence-electron chi connectivity index (χ4n) is 0.784. The lowest BCUT2D eigenvalue weighted by Crippen LogP contribution is -1.85. The number of aryl methyl sites for hydroxylation is 1. The third-order valence-corrected chi connectivity index (χ3v) is 1.38. The summed E-state index contributed by atoms with van der Waals surface area (Å²) in [7, 11) is 0. The van der Waals surface area contributed by atoms with Crippen LogP contribution in [0.5, 0.6) is 0 Å². The Morgan fingerprint density at radius 2 is 2.42 bits per heavy atom. The second-order valence-electron chi connectivity index (χ2n) is 2.31. The van der Waals surface area contributed by atoms with E-state index in [9.17, 15) is 0 Å². The zero-order valence-corrected chi connectivity index (χ0v) is 6.83. The quantitative estimate of drug-likeness (QED) is 0.535. The molecular formula is C10H8N2. The average molecular weight is 156 g/mol. The first-order chi connectivity index (χ1) is 5.84. The van der Waals surface area contributed by atoms with Crippen LogP contribution in [-0.4, -0.2) is 4.98 Å². The highest BCUT2D eigenvalue weighted by molar-refractivity contribution is 5.34. The summed E-state index contributed by atoms with van der Waals surface area (Å²) in [6.07, 6.45) is 1.96. The molecule has 0 aromatic carbocycles. The van der Waals surface area contributed by atoms with Crippen molar-refractivity contribution in [3.63, 3.8) is 0 Å². The van der Waals surface area contributed by atoms with E-state index < -0.39 is 0 Å². The van der Waals surface area contributed by atoms with Crippen LogP contribution >= 0.6 is 0 Å². The van der Waals surface area contributed by atoms with Gasteiger partial charge >= 0.3 is 0 Å². The lowest BCUT2D eigenvalue weighted by atomic mass is 10.2. The van der Waals surface area contributed by atoms with Crippen LogP contribution in [0, 0.1) is 30.1 Å². The van der Waals surface area contributed by atoms with Crippen molar-refractivity contribution in [3.8, 4) is 17.9 Å². The van der Waals surface area contributed by atoms with Gasteiger partial charge in [-0.25, -0.2) is 4.98 Å². The summed E-state index contributed by atoms with van der Waals surface area (Å²) in [6.45, 7) is 1.95. The van der Waals surface area contributed by atoms with Gasteiger partial charge in [-0.05, 0) is 24.5 Å². The summed E-state index contributed by atoms with van der Waals surface area (Å²) in [5.74, 6) is 5.55. The monoisotopic (exact) mass is 156 g/mol. The molecule has 0 N–H and O–H groups in total. The number of hydrogen-bond acceptors (Lipinski definition) is 2. The van der Waals surface area contributed by atoms with Gasteiger partial charge in [0.15, 0.2) is 0 Å². The van der Waals surface area contributed by atoms with E-state index in [2.05, 4.69) is 16.8 Å². The summed E-state index contributed by atoms with van der Waals surface area (Å²) in [4.78, 5) is 4.07. The molecule has 0 fully saturated rings. The van der Waals surface area contributed by atoms with Gasteiger partial charge in [-0.1, -0.05) is 12.0 Å². The van der Waals surface area contributed by atoms with Crippen LogP contribution < -0.4 is 0 Å². The fraction of sp³-hybridized carbons (Fsp3) is 0.200. The molecule has 0 aliphatic carbocycles. The Bertz CT molecular complexity index is 363. The van der Waals surface area contributed by atoms with Gasteiger partial charge in [0.05, 0.1) is 12.5 Å². The molecular weight excluding hydrogens is 148 g/mol. The lowest BCUT2D eigenvalue weighted by Gasteiger charge is -1.92. The Hall–Kier alpha value is -1.80. The molecule has 0 amide bonds. The highest BCUT2D eigenvalue weighted by atomic mass is 14.7. The topological polar surface area (TPSA) is 36.7 Å². The molecule has 58 valence electrons. The lowest BCUT2D eigenvalue weighted by molar-refractivity contribution is 1.23. The van der Waals surface area contributed by atoms with Gasteiger partial charge in [-0.3, -0.25) is 0 Å². The Kier molecular flexibility index (Phi) is 2.87. The van der Waals surface area contributed by atoms with Crippen LogP contribution in [0.3, 0.4) is 0 Å². The standard InChI is InChI=1S/C10H8N2/c1-9-5-4-8-12-10(9)6-2-3-7-11/h4-5,8H,3H2,1H3. The van der Waals surface area contributed by atoms with Gasteiger partial charge in [0, 0.05) is 6.20 Å². The number of hydrogen-bond donors (Lipinski definition) is 0. The van der Waals surface area contributed by atoms with E-state index in [0.717, 1.165) is 11.3 Å². The summed E-state index contributed by atoms with van der Waals surface area (Å²) in [5, 5.41) is 8.24. The first-order valence-electron chi connectivity index (χ1n) is 3.62. The summed E-state index contributed by atoms with van der Waals surface area (Å²) in [5.41, 5.74) is 1.80. The zero-order valence-electron chi connectivity index (χ0n) is 6.83. The molecule has 12 heavy (non-hydrogen) atoms.